The summed E-state index contributed by atoms with van der Waals surface area (Å²) in [5.41, 5.74) is 6.27. The number of benzene rings is 1. The number of nitrogens with zero attached hydrogens (tertiary/aromatic N) is 4. The van der Waals surface area contributed by atoms with Crippen LogP contribution >= 0.6 is 11.3 Å². The molecule has 1 aliphatic rings. The fourth-order valence-electron chi connectivity index (χ4n) is 6.14. The van der Waals surface area contributed by atoms with Crippen LogP contribution in [-0.2, 0) is 6.42 Å². The van der Waals surface area contributed by atoms with Gasteiger partial charge in [0.25, 0.3) is 0 Å². The number of aromatic nitrogens is 3. The second-order valence-electron chi connectivity index (χ2n) is 11.3. The molecule has 0 aliphatic heterocycles. The van der Waals surface area contributed by atoms with E-state index < -0.39 is 0 Å². The maximum atomic E-state index is 4.75. The highest BCUT2D eigenvalue weighted by Gasteiger charge is 2.29. The van der Waals surface area contributed by atoms with Crippen molar-refractivity contribution in [2.24, 2.45) is 5.92 Å². The van der Waals surface area contributed by atoms with E-state index in [0.29, 0.717) is 6.04 Å². The van der Waals surface area contributed by atoms with Gasteiger partial charge >= 0.3 is 0 Å². The number of allylic oxidation sites excluding steroid dienone is 3. The van der Waals surface area contributed by atoms with Crippen molar-refractivity contribution in [2.75, 3.05) is 33.2 Å². The summed E-state index contributed by atoms with van der Waals surface area (Å²) in [5, 5.41) is 7.03. The Labute approximate surface area is 249 Å². The van der Waals surface area contributed by atoms with Crippen molar-refractivity contribution in [2.45, 2.75) is 44.6 Å². The molecule has 2 atom stereocenters. The van der Waals surface area contributed by atoms with Crippen LogP contribution in [0.4, 0.5) is 0 Å². The van der Waals surface area contributed by atoms with Crippen molar-refractivity contribution in [1.82, 2.24) is 24.8 Å². The molecule has 0 saturated heterocycles. The lowest BCUT2D eigenvalue weighted by molar-refractivity contribution is 0.270. The highest BCUT2D eigenvalue weighted by Crippen LogP contribution is 2.41. The summed E-state index contributed by atoms with van der Waals surface area (Å²) in [6.07, 6.45) is 18.6. The highest BCUT2D eigenvalue weighted by molar-refractivity contribution is 7.13. The summed E-state index contributed by atoms with van der Waals surface area (Å²) in [4.78, 5) is 13.0. The molecule has 41 heavy (non-hydrogen) atoms. The predicted octanol–water partition coefficient (Wildman–Crippen LogP) is 7.69. The molecule has 1 aliphatic carbocycles. The molecule has 214 valence electrons. The molecule has 3 heterocycles. The molecular formula is C35H43N5S. The number of hydrogen-bond acceptors (Lipinski definition) is 5. The molecule has 6 heteroatoms. The minimum absolute atomic E-state index is 0.493. The first-order valence-electron chi connectivity index (χ1n) is 14.9. The van der Waals surface area contributed by atoms with Crippen LogP contribution < -0.4 is 5.32 Å². The van der Waals surface area contributed by atoms with E-state index in [1.54, 1.807) is 6.33 Å². The van der Waals surface area contributed by atoms with Crippen LogP contribution in [0.1, 0.15) is 49.3 Å². The average Bonchev–Trinajstić information content (AvgIpc) is 3.73. The van der Waals surface area contributed by atoms with Crippen LogP contribution in [0.15, 0.2) is 97.5 Å². The fraction of sp³-hybridized carbons (Fsp3) is 0.371. The van der Waals surface area contributed by atoms with Gasteiger partial charge in [-0.3, -0.25) is 0 Å². The Kier molecular flexibility index (Phi) is 10.3. The van der Waals surface area contributed by atoms with Gasteiger partial charge in [0.15, 0.2) is 0 Å². The third kappa shape index (κ3) is 7.70. The van der Waals surface area contributed by atoms with Gasteiger partial charge in [0.05, 0.1) is 0 Å². The maximum Gasteiger partial charge on any atom is 0.144 e. The van der Waals surface area contributed by atoms with Gasteiger partial charge in [-0.05, 0) is 99.3 Å². The fourth-order valence-corrected chi connectivity index (χ4v) is 7.08. The SMILES string of the molecule is C=C/C=C(\C=C)CCNCCCN(C)C[C@@H]1CC[C@H](n2cc(-c3cc(Cc4ccccc4)cs3)c3cncnc32)C1. The summed E-state index contributed by atoms with van der Waals surface area (Å²) >= 11 is 1.83. The number of fused-ring (bicyclic) bond motifs is 1. The lowest BCUT2D eigenvalue weighted by Gasteiger charge is -2.21. The summed E-state index contributed by atoms with van der Waals surface area (Å²) in [5.74, 6) is 0.721. The van der Waals surface area contributed by atoms with E-state index in [2.05, 4.69) is 87.9 Å². The molecule has 3 aromatic heterocycles. The van der Waals surface area contributed by atoms with Crippen LogP contribution in [0.25, 0.3) is 21.5 Å². The van der Waals surface area contributed by atoms with E-state index in [1.807, 2.05) is 35.8 Å². The molecule has 0 radical (unpaired) electrons. The van der Waals surface area contributed by atoms with Crippen LogP contribution in [0.5, 0.6) is 0 Å². The Balaban J connectivity index is 1.15. The van der Waals surface area contributed by atoms with E-state index in [4.69, 9.17) is 4.98 Å². The number of hydrogen-bond donors (Lipinski definition) is 1. The standard InChI is InChI=1S/C35H43N5S/c1-4-10-27(5-2)15-17-36-16-9-18-39(3)23-29-13-14-31(20-29)40-24-33(32-22-37-26-38-35(32)40)34-21-30(25-41-34)19-28-11-7-6-8-12-28/h4-8,10-12,21-22,24-26,29,31,36H,1-2,9,13-20,23H2,3H3/b27-10+/t29-,31+/m1/s1. The van der Waals surface area contributed by atoms with Crippen molar-refractivity contribution in [3.05, 3.63) is 109 Å². The van der Waals surface area contributed by atoms with Crippen LogP contribution in [0, 0.1) is 5.92 Å². The first-order valence-corrected chi connectivity index (χ1v) is 15.8. The van der Waals surface area contributed by atoms with Crippen LogP contribution in [0.3, 0.4) is 0 Å². The smallest absolute Gasteiger partial charge is 0.144 e. The largest absolute Gasteiger partial charge is 0.329 e. The zero-order chi connectivity index (χ0) is 28.4. The zero-order valence-electron chi connectivity index (χ0n) is 24.3. The van der Waals surface area contributed by atoms with Crippen LogP contribution in [-0.4, -0.2) is 52.7 Å². The van der Waals surface area contributed by atoms with E-state index in [-0.39, 0.29) is 0 Å². The van der Waals surface area contributed by atoms with Gasteiger partial charge < -0.3 is 14.8 Å². The Hall–Kier alpha value is -3.32. The summed E-state index contributed by atoms with van der Waals surface area (Å²) in [6, 6.07) is 13.5. The quantitative estimate of drug-likeness (QED) is 0.119. The molecule has 5 rings (SSSR count). The first-order chi connectivity index (χ1) is 20.1. The third-order valence-electron chi connectivity index (χ3n) is 8.22. The minimum Gasteiger partial charge on any atom is -0.329 e. The van der Waals surface area contributed by atoms with Gasteiger partial charge in [0.1, 0.15) is 12.0 Å². The van der Waals surface area contributed by atoms with Crippen LogP contribution in [0.2, 0.25) is 0 Å². The second-order valence-corrected chi connectivity index (χ2v) is 12.2. The first kappa shape index (κ1) is 29.2. The van der Waals surface area contributed by atoms with Crippen molar-refractivity contribution < 1.29 is 0 Å². The molecule has 1 aromatic carbocycles. The van der Waals surface area contributed by atoms with Gasteiger partial charge in [0.2, 0.25) is 0 Å². The highest BCUT2D eigenvalue weighted by atomic mass is 32.1. The Morgan fingerprint density at radius 1 is 1.17 bits per heavy atom. The number of rotatable bonds is 15. The van der Waals surface area contributed by atoms with E-state index in [1.165, 1.54) is 46.4 Å². The number of nitrogens with one attached hydrogen (secondary N) is 1. The van der Waals surface area contributed by atoms with E-state index >= 15 is 0 Å². The molecule has 5 nitrogen and oxygen atoms in total. The van der Waals surface area contributed by atoms with Gasteiger partial charge in [-0.1, -0.05) is 61.7 Å². The van der Waals surface area contributed by atoms with Gasteiger partial charge in [-0.25, -0.2) is 9.97 Å². The molecule has 0 amide bonds. The van der Waals surface area contributed by atoms with Gasteiger partial charge in [0, 0.05) is 40.8 Å². The Morgan fingerprint density at radius 2 is 2.05 bits per heavy atom. The molecule has 1 saturated carbocycles. The molecular weight excluding hydrogens is 522 g/mol. The van der Waals surface area contributed by atoms with Crippen molar-refractivity contribution in [3.8, 4) is 10.4 Å². The molecule has 1 N–H and O–H groups in total. The average molecular weight is 566 g/mol. The predicted molar refractivity (Wildman–Crippen MR) is 175 cm³/mol. The molecule has 0 bridgehead atoms. The topological polar surface area (TPSA) is 46.0 Å². The summed E-state index contributed by atoms with van der Waals surface area (Å²) in [7, 11) is 2.27. The lowest BCUT2D eigenvalue weighted by atomic mass is 10.1. The van der Waals surface area contributed by atoms with Gasteiger partial charge in [-0.15, -0.1) is 11.3 Å². The summed E-state index contributed by atoms with van der Waals surface area (Å²) < 4.78 is 2.45. The van der Waals surface area contributed by atoms with Crippen molar-refractivity contribution in [1.29, 1.82) is 0 Å². The normalized spacial score (nSPS) is 17.5. The molecule has 4 aromatic rings. The van der Waals surface area contributed by atoms with E-state index in [9.17, 15) is 0 Å². The molecule has 0 unspecified atom stereocenters. The summed E-state index contributed by atoms with van der Waals surface area (Å²) in [6.45, 7) is 12.0. The second kappa shape index (κ2) is 14.5. The zero-order valence-corrected chi connectivity index (χ0v) is 25.2. The molecule has 1 fully saturated rings. The number of thiophene rings is 1. The minimum atomic E-state index is 0.493. The van der Waals surface area contributed by atoms with Gasteiger partial charge in [-0.2, -0.15) is 0 Å². The third-order valence-corrected chi connectivity index (χ3v) is 9.23. The van der Waals surface area contributed by atoms with Crippen molar-refractivity contribution in [3.63, 3.8) is 0 Å². The Morgan fingerprint density at radius 3 is 2.88 bits per heavy atom. The van der Waals surface area contributed by atoms with Crippen molar-refractivity contribution >= 4 is 22.4 Å². The lowest BCUT2D eigenvalue weighted by Crippen LogP contribution is -2.28. The Bertz CT molecular complexity index is 1450. The molecule has 0 spiro atoms. The monoisotopic (exact) mass is 565 g/mol. The maximum absolute atomic E-state index is 4.75. The van der Waals surface area contributed by atoms with E-state index in [0.717, 1.165) is 62.4 Å².